The molecule has 25 heavy (non-hydrogen) atoms. The number of nitrogens with one attached hydrogen (secondary N) is 2. The summed E-state index contributed by atoms with van der Waals surface area (Å²) in [6, 6.07) is 4.89. The lowest BCUT2D eigenvalue weighted by molar-refractivity contribution is -0.123. The van der Waals surface area contributed by atoms with Gasteiger partial charge in [0, 0.05) is 25.1 Å². The zero-order valence-corrected chi connectivity index (χ0v) is 14.0. The molecule has 132 valence electrons. The Balaban J connectivity index is 1.62. The van der Waals surface area contributed by atoms with E-state index in [9.17, 15) is 9.59 Å². The molecule has 1 saturated heterocycles. The molecule has 1 amide bonds. The van der Waals surface area contributed by atoms with E-state index in [2.05, 4.69) is 20.6 Å². The summed E-state index contributed by atoms with van der Waals surface area (Å²) in [6.07, 6.45) is 5.44. The van der Waals surface area contributed by atoms with Gasteiger partial charge in [0.2, 0.25) is 5.91 Å². The van der Waals surface area contributed by atoms with Crippen LogP contribution in [0.25, 0.3) is 0 Å². The fourth-order valence-electron chi connectivity index (χ4n) is 2.76. The Bertz CT molecular complexity index is 777. The molecule has 0 saturated carbocycles. The number of nitrogens with zero attached hydrogens (tertiary/aromatic N) is 3. The van der Waals surface area contributed by atoms with Gasteiger partial charge in [-0.05, 0) is 31.0 Å². The highest BCUT2D eigenvalue weighted by Crippen LogP contribution is 2.13. The van der Waals surface area contributed by atoms with Crippen molar-refractivity contribution < 1.29 is 9.53 Å². The summed E-state index contributed by atoms with van der Waals surface area (Å²) in [4.78, 5) is 32.3. The van der Waals surface area contributed by atoms with Gasteiger partial charge in [-0.1, -0.05) is 0 Å². The van der Waals surface area contributed by atoms with Crippen LogP contribution in [0.1, 0.15) is 12.0 Å². The Morgan fingerprint density at radius 3 is 3.04 bits per heavy atom. The van der Waals surface area contributed by atoms with Gasteiger partial charge in [0.25, 0.3) is 5.56 Å². The third kappa shape index (κ3) is 4.63. The molecule has 0 unspecified atom stereocenters. The van der Waals surface area contributed by atoms with E-state index in [1.54, 1.807) is 18.5 Å². The number of ether oxygens (including phenoxy) is 1. The van der Waals surface area contributed by atoms with Crippen molar-refractivity contribution in [3.63, 3.8) is 0 Å². The summed E-state index contributed by atoms with van der Waals surface area (Å²) < 4.78 is 6.90. The molecule has 0 aliphatic carbocycles. The van der Waals surface area contributed by atoms with Crippen molar-refractivity contribution in [2.45, 2.75) is 32.0 Å². The fraction of sp³-hybridized carbons (Fsp3) is 0.412. The molecular formula is C17H21N5O3. The minimum atomic E-state index is -0.202. The van der Waals surface area contributed by atoms with E-state index in [0.717, 1.165) is 5.56 Å². The van der Waals surface area contributed by atoms with E-state index in [-0.39, 0.29) is 30.1 Å². The summed E-state index contributed by atoms with van der Waals surface area (Å²) in [7, 11) is 0. The second kappa shape index (κ2) is 7.89. The third-order valence-corrected chi connectivity index (χ3v) is 4.08. The molecule has 2 atom stereocenters. The van der Waals surface area contributed by atoms with Crippen molar-refractivity contribution in [1.82, 2.24) is 19.9 Å². The molecule has 2 N–H and O–H groups in total. The summed E-state index contributed by atoms with van der Waals surface area (Å²) in [6.45, 7) is 2.89. The van der Waals surface area contributed by atoms with Crippen molar-refractivity contribution in [3.8, 4) is 0 Å². The number of anilines is 1. The van der Waals surface area contributed by atoms with Crippen LogP contribution in [0.15, 0.2) is 41.7 Å². The number of hydrogen-bond acceptors (Lipinski definition) is 6. The highest BCUT2D eigenvalue weighted by atomic mass is 16.5. The predicted molar refractivity (Wildman–Crippen MR) is 92.2 cm³/mol. The molecule has 8 nitrogen and oxygen atoms in total. The summed E-state index contributed by atoms with van der Waals surface area (Å²) in [5.74, 6) is 0.479. The van der Waals surface area contributed by atoms with Crippen molar-refractivity contribution in [1.29, 1.82) is 0 Å². The van der Waals surface area contributed by atoms with Crippen molar-refractivity contribution in [2.75, 3.05) is 18.5 Å². The first-order chi connectivity index (χ1) is 12.1. The first kappa shape index (κ1) is 17.1. The molecule has 3 heterocycles. The molecular weight excluding hydrogens is 322 g/mol. The van der Waals surface area contributed by atoms with Crippen LogP contribution in [0, 0.1) is 6.92 Å². The number of aromatic nitrogens is 3. The quantitative estimate of drug-likeness (QED) is 0.812. The van der Waals surface area contributed by atoms with Gasteiger partial charge in [-0.3, -0.25) is 9.59 Å². The maximum atomic E-state index is 12.4. The van der Waals surface area contributed by atoms with E-state index >= 15 is 0 Å². The van der Waals surface area contributed by atoms with E-state index in [1.807, 2.05) is 13.0 Å². The van der Waals surface area contributed by atoms with Gasteiger partial charge in [0.15, 0.2) is 0 Å². The van der Waals surface area contributed by atoms with Crippen LogP contribution in [-0.4, -0.2) is 45.7 Å². The summed E-state index contributed by atoms with van der Waals surface area (Å²) in [5.41, 5.74) is 0.693. The second-order valence-electron chi connectivity index (χ2n) is 6.05. The van der Waals surface area contributed by atoms with E-state index in [4.69, 9.17) is 4.74 Å². The van der Waals surface area contributed by atoms with Gasteiger partial charge in [0.05, 0.1) is 18.7 Å². The topological polar surface area (TPSA) is 98.1 Å². The van der Waals surface area contributed by atoms with E-state index in [1.165, 1.54) is 17.0 Å². The second-order valence-corrected chi connectivity index (χ2v) is 6.05. The average Bonchev–Trinajstić information content (AvgIpc) is 2.60. The van der Waals surface area contributed by atoms with Crippen LogP contribution in [0.3, 0.4) is 0 Å². The van der Waals surface area contributed by atoms with Crippen molar-refractivity contribution in [2.24, 2.45) is 0 Å². The monoisotopic (exact) mass is 343 g/mol. The van der Waals surface area contributed by atoms with Gasteiger partial charge in [0.1, 0.15) is 18.7 Å². The first-order valence-corrected chi connectivity index (χ1v) is 8.18. The smallest absolute Gasteiger partial charge is 0.251 e. The average molecular weight is 343 g/mol. The van der Waals surface area contributed by atoms with E-state index < -0.39 is 0 Å². The van der Waals surface area contributed by atoms with Crippen LogP contribution < -0.4 is 16.2 Å². The predicted octanol–water partition coefficient (Wildman–Crippen LogP) is 0.333. The van der Waals surface area contributed by atoms with Crippen LogP contribution in [-0.2, 0) is 16.1 Å². The highest BCUT2D eigenvalue weighted by Gasteiger charge is 2.27. The maximum absolute atomic E-state index is 12.4. The number of carbonyl (C=O) groups excluding carboxylic acids is 1. The van der Waals surface area contributed by atoms with Gasteiger partial charge in [-0.2, -0.15) is 0 Å². The molecule has 2 aromatic rings. The molecule has 0 aromatic carbocycles. The lowest BCUT2D eigenvalue weighted by atomic mass is 10.0. The molecule has 0 spiro atoms. The summed E-state index contributed by atoms with van der Waals surface area (Å²) in [5, 5.41) is 6.25. The summed E-state index contributed by atoms with van der Waals surface area (Å²) >= 11 is 0. The Kier molecular flexibility index (Phi) is 5.39. The SMILES string of the molecule is Cc1ccn(CC(=O)N[C@H]2CCOC[C@H]2Nc2ccncn2)c(=O)c1. The normalized spacial score (nSPS) is 20.0. The number of amides is 1. The molecule has 0 bridgehead atoms. The van der Waals surface area contributed by atoms with Gasteiger partial charge < -0.3 is 19.9 Å². The number of aryl methyl sites for hydroxylation is 1. The minimum absolute atomic E-state index is 0.00328. The number of rotatable bonds is 5. The van der Waals surface area contributed by atoms with E-state index in [0.29, 0.717) is 25.5 Å². The Labute approximate surface area is 145 Å². The molecule has 1 aliphatic heterocycles. The standard InChI is InChI=1S/C17H21N5O3/c1-12-3-6-22(17(24)8-12)9-16(23)21-13-4-7-25-10-14(13)20-15-2-5-18-11-19-15/h2-3,5-6,8,11,13-14H,4,7,9-10H2,1H3,(H,21,23)(H,18,19,20)/t13-,14+/m0/s1. The van der Waals surface area contributed by atoms with Gasteiger partial charge in [-0.15, -0.1) is 0 Å². The zero-order chi connectivity index (χ0) is 17.6. The largest absolute Gasteiger partial charge is 0.379 e. The minimum Gasteiger partial charge on any atom is -0.379 e. The number of pyridine rings is 1. The Morgan fingerprint density at radius 1 is 1.40 bits per heavy atom. The first-order valence-electron chi connectivity index (χ1n) is 8.18. The van der Waals surface area contributed by atoms with Crippen LogP contribution >= 0.6 is 0 Å². The number of carbonyl (C=O) groups is 1. The third-order valence-electron chi connectivity index (χ3n) is 4.08. The molecule has 8 heteroatoms. The molecule has 0 radical (unpaired) electrons. The van der Waals surface area contributed by atoms with Gasteiger partial charge >= 0.3 is 0 Å². The highest BCUT2D eigenvalue weighted by molar-refractivity contribution is 5.76. The molecule has 1 fully saturated rings. The maximum Gasteiger partial charge on any atom is 0.251 e. The Morgan fingerprint density at radius 2 is 2.28 bits per heavy atom. The Hall–Kier alpha value is -2.74. The van der Waals surface area contributed by atoms with Crippen molar-refractivity contribution >= 4 is 11.7 Å². The van der Waals surface area contributed by atoms with Crippen LogP contribution in [0.5, 0.6) is 0 Å². The van der Waals surface area contributed by atoms with Gasteiger partial charge in [-0.25, -0.2) is 9.97 Å². The van der Waals surface area contributed by atoms with Crippen LogP contribution in [0.4, 0.5) is 5.82 Å². The molecule has 1 aliphatic rings. The lowest BCUT2D eigenvalue weighted by Gasteiger charge is -2.33. The number of hydrogen-bond donors (Lipinski definition) is 2. The zero-order valence-electron chi connectivity index (χ0n) is 14.0. The van der Waals surface area contributed by atoms with Crippen LogP contribution in [0.2, 0.25) is 0 Å². The van der Waals surface area contributed by atoms with Crippen molar-refractivity contribution in [3.05, 3.63) is 52.8 Å². The fourth-order valence-corrected chi connectivity index (χ4v) is 2.76. The molecule has 3 rings (SSSR count). The molecule has 2 aromatic heterocycles. The lowest BCUT2D eigenvalue weighted by Crippen LogP contribution is -2.53.